The lowest BCUT2D eigenvalue weighted by atomic mass is 9.97. The van der Waals surface area contributed by atoms with Gasteiger partial charge in [-0.3, -0.25) is 4.79 Å². The number of rotatable bonds is 1. The molecule has 0 spiro atoms. The van der Waals surface area contributed by atoms with Crippen molar-refractivity contribution in [2.75, 3.05) is 6.61 Å². The molecular formula is C10H10O3. The Kier molecular flexibility index (Phi) is 1.93. The molecule has 1 aliphatic rings. The molecular weight excluding hydrogens is 168 g/mol. The summed E-state index contributed by atoms with van der Waals surface area (Å²) in [6.07, 6.45) is 0.575. The lowest BCUT2D eigenvalue weighted by Gasteiger charge is -2.21. The van der Waals surface area contributed by atoms with Gasteiger partial charge in [0.05, 0.1) is 5.92 Å². The molecule has 1 aromatic rings. The van der Waals surface area contributed by atoms with Crippen molar-refractivity contribution in [1.82, 2.24) is 0 Å². The van der Waals surface area contributed by atoms with Gasteiger partial charge in [0.2, 0.25) is 0 Å². The van der Waals surface area contributed by atoms with Gasteiger partial charge in [0, 0.05) is 0 Å². The summed E-state index contributed by atoms with van der Waals surface area (Å²) in [5, 5.41) is 8.78. The Morgan fingerprint density at radius 3 is 3.00 bits per heavy atom. The Morgan fingerprint density at radius 2 is 2.23 bits per heavy atom. The number of carbonyl (C=O) groups is 1. The van der Waals surface area contributed by atoms with E-state index in [-0.39, 0.29) is 6.61 Å². The van der Waals surface area contributed by atoms with Crippen molar-refractivity contribution >= 4 is 5.97 Å². The summed E-state index contributed by atoms with van der Waals surface area (Å²) >= 11 is 0. The van der Waals surface area contributed by atoms with Gasteiger partial charge in [0.25, 0.3) is 0 Å². The van der Waals surface area contributed by atoms with E-state index in [0.717, 1.165) is 11.3 Å². The zero-order valence-electron chi connectivity index (χ0n) is 7.06. The predicted molar refractivity (Wildman–Crippen MR) is 46.8 cm³/mol. The van der Waals surface area contributed by atoms with Crippen LogP contribution in [-0.4, -0.2) is 17.7 Å². The first-order valence-corrected chi connectivity index (χ1v) is 4.21. The predicted octanol–water partition coefficient (Wildman–Crippen LogP) is 1.32. The molecule has 68 valence electrons. The van der Waals surface area contributed by atoms with Crippen LogP contribution in [0.2, 0.25) is 0 Å². The number of hydrogen-bond donors (Lipinski definition) is 1. The van der Waals surface area contributed by atoms with Crippen molar-refractivity contribution in [1.29, 1.82) is 0 Å². The molecule has 0 radical (unpaired) electrons. The molecule has 1 N–H and O–H groups in total. The van der Waals surface area contributed by atoms with Crippen LogP contribution in [0.4, 0.5) is 0 Å². The molecule has 0 saturated heterocycles. The molecule has 0 saturated carbocycles. The van der Waals surface area contributed by atoms with Crippen molar-refractivity contribution in [3.8, 4) is 5.75 Å². The van der Waals surface area contributed by atoms with Crippen LogP contribution in [0, 0.1) is 5.92 Å². The number of para-hydroxylation sites is 1. The minimum absolute atomic E-state index is 0.284. The lowest BCUT2D eigenvalue weighted by molar-refractivity contribution is -0.143. The molecule has 1 heterocycles. The highest BCUT2D eigenvalue weighted by atomic mass is 16.5. The minimum Gasteiger partial charge on any atom is -0.492 e. The van der Waals surface area contributed by atoms with Crippen LogP contribution < -0.4 is 4.74 Å². The molecule has 1 atom stereocenters. The maximum absolute atomic E-state index is 10.7. The third-order valence-electron chi connectivity index (χ3n) is 2.23. The average Bonchev–Trinajstić information content (AvgIpc) is 2.17. The van der Waals surface area contributed by atoms with Gasteiger partial charge in [-0.15, -0.1) is 0 Å². The van der Waals surface area contributed by atoms with Crippen LogP contribution >= 0.6 is 0 Å². The number of fused-ring (bicyclic) bond motifs is 1. The Labute approximate surface area is 76.0 Å². The van der Waals surface area contributed by atoms with Gasteiger partial charge in [-0.2, -0.15) is 0 Å². The maximum Gasteiger partial charge on any atom is 0.310 e. The number of carboxylic acids is 1. The molecule has 0 unspecified atom stereocenters. The summed E-state index contributed by atoms with van der Waals surface area (Å²) in [6, 6.07) is 7.56. The van der Waals surface area contributed by atoms with Gasteiger partial charge in [0.15, 0.2) is 0 Å². The van der Waals surface area contributed by atoms with Crippen LogP contribution in [0.1, 0.15) is 5.56 Å². The molecule has 0 bridgehead atoms. The van der Waals surface area contributed by atoms with Crippen LogP contribution in [0.3, 0.4) is 0 Å². The molecule has 1 aliphatic heterocycles. The Balaban J connectivity index is 2.24. The highest BCUT2D eigenvalue weighted by molar-refractivity contribution is 5.71. The van der Waals surface area contributed by atoms with Gasteiger partial charge in [-0.05, 0) is 18.1 Å². The van der Waals surface area contributed by atoms with E-state index in [2.05, 4.69) is 0 Å². The molecule has 0 amide bonds. The second-order valence-corrected chi connectivity index (χ2v) is 3.16. The first kappa shape index (κ1) is 8.10. The monoisotopic (exact) mass is 178 g/mol. The average molecular weight is 178 g/mol. The van der Waals surface area contributed by atoms with Crippen molar-refractivity contribution in [3.05, 3.63) is 29.8 Å². The number of carboxylic acid groups (broad SMARTS) is 1. The smallest absolute Gasteiger partial charge is 0.310 e. The van der Waals surface area contributed by atoms with Crippen molar-refractivity contribution in [2.24, 2.45) is 5.92 Å². The van der Waals surface area contributed by atoms with E-state index in [4.69, 9.17) is 9.84 Å². The zero-order valence-corrected chi connectivity index (χ0v) is 7.06. The molecule has 1 aromatic carbocycles. The fourth-order valence-corrected chi connectivity index (χ4v) is 1.49. The fraction of sp³-hybridized carbons (Fsp3) is 0.300. The summed E-state index contributed by atoms with van der Waals surface area (Å²) in [5.74, 6) is -0.357. The molecule has 3 nitrogen and oxygen atoms in total. The van der Waals surface area contributed by atoms with E-state index in [1.54, 1.807) is 0 Å². The van der Waals surface area contributed by atoms with Gasteiger partial charge < -0.3 is 9.84 Å². The van der Waals surface area contributed by atoms with Crippen LogP contribution in [0.25, 0.3) is 0 Å². The van der Waals surface area contributed by atoms with E-state index in [1.807, 2.05) is 24.3 Å². The topological polar surface area (TPSA) is 46.5 Å². The van der Waals surface area contributed by atoms with Gasteiger partial charge in [0.1, 0.15) is 12.4 Å². The summed E-state index contributed by atoms with van der Waals surface area (Å²) < 4.78 is 5.32. The Bertz CT molecular complexity index is 333. The molecule has 2 rings (SSSR count). The lowest BCUT2D eigenvalue weighted by Crippen LogP contribution is -2.27. The SMILES string of the molecule is O=C(O)[C@H]1COc2ccccc2C1. The number of benzene rings is 1. The van der Waals surface area contributed by atoms with Crippen molar-refractivity contribution in [3.63, 3.8) is 0 Å². The van der Waals surface area contributed by atoms with E-state index in [9.17, 15) is 4.79 Å². The minimum atomic E-state index is -0.783. The van der Waals surface area contributed by atoms with Gasteiger partial charge >= 0.3 is 5.97 Å². The second-order valence-electron chi connectivity index (χ2n) is 3.16. The quantitative estimate of drug-likeness (QED) is 0.705. The molecule has 3 heteroatoms. The van der Waals surface area contributed by atoms with Crippen molar-refractivity contribution < 1.29 is 14.6 Å². The third kappa shape index (κ3) is 1.49. The molecule has 0 aliphatic carbocycles. The van der Waals surface area contributed by atoms with E-state index >= 15 is 0 Å². The summed E-state index contributed by atoms with van der Waals surface area (Å²) in [7, 11) is 0. The largest absolute Gasteiger partial charge is 0.492 e. The van der Waals surface area contributed by atoms with E-state index in [1.165, 1.54) is 0 Å². The number of aliphatic carboxylic acids is 1. The normalized spacial score (nSPS) is 20.2. The number of hydrogen-bond acceptors (Lipinski definition) is 2. The summed E-state index contributed by atoms with van der Waals surface area (Å²) in [6.45, 7) is 0.284. The Hall–Kier alpha value is -1.51. The standard InChI is InChI=1S/C10H10O3/c11-10(12)8-5-7-3-1-2-4-9(7)13-6-8/h1-4,8H,5-6H2,(H,11,12)/t8-/m1/s1. The molecule has 13 heavy (non-hydrogen) atoms. The Morgan fingerprint density at radius 1 is 1.46 bits per heavy atom. The zero-order chi connectivity index (χ0) is 9.26. The highest BCUT2D eigenvalue weighted by Gasteiger charge is 2.24. The van der Waals surface area contributed by atoms with Crippen LogP contribution in [0.5, 0.6) is 5.75 Å². The molecule has 0 aromatic heterocycles. The van der Waals surface area contributed by atoms with Gasteiger partial charge in [-0.1, -0.05) is 18.2 Å². The van der Waals surface area contributed by atoms with E-state index in [0.29, 0.717) is 6.42 Å². The van der Waals surface area contributed by atoms with Crippen LogP contribution in [-0.2, 0) is 11.2 Å². The van der Waals surface area contributed by atoms with Crippen molar-refractivity contribution in [2.45, 2.75) is 6.42 Å². The highest BCUT2D eigenvalue weighted by Crippen LogP contribution is 2.26. The summed E-state index contributed by atoms with van der Waals surface area (Å²) in [5.41, 5.74) is 0.987. The fourth-order valence-electron chi connectivity index (χ4n) is 1.49. The first-order chi connectivity index (χ1) is 6.27. The van der Waals surface area contributed by atoms with E-state index < -0.39 is 11.9 Å². The van der Waals surface area contributed by atoms with Crippen LogP contribution in [0.15, 0.2) is 24.3 Å². The molecule has 0 fully saturated rings. The second kappa shape index (κ2) is 3.09. The summed E-state index contributed by atoms with van der Waals surface area (Å²) in [4.78, 5) is 10.7. The number of ether oxygens (including phenoxy) is 1. The maximum atomic E-state index is 10.7. The third-order valence-corrected chi connectivity index (χ3v) is 2.23. The van der Waals surface area contributed by atoms with Gasteiger partial charge in [-0.25, -0.2) is 0 Å². The first-order valence-electron chi connectivity index (χ1n) is 4.21.